The smallest absolute Gasteiger partial charge is 0.335 e. The van der Waals surface area contributed by atoms with Crippen LogP contribution < -0.4 is 4.90 Å². The molecule has 1 aromatic rings. The first kappa shape index (κ1) is 11.9. The summed E-state index contributed by atoms with van der Waals surface area (Å²) in [5.41, 5.74) is 0.498. The number of nitrogens with zero attached hydrogens (tertiary/aromatic N) is 1. The lowest BCUT2D eigenvalue weighted by Gasteiger charge is -2.24. The van der Waals surface area contributed by atoms with Crippen molar-refractivity contribution in [3.63, 3.8) is 0 Å². The maximum absolute atomic E-state index is 13.9. The number of halogens is 1. The van der Waals surface area contributed by atoms with Gasteiger partial charge in [-0.05, 0) is 37.5 Å². The molecule has 0 spiro atoms. The molecule has 1 aromatic carbocycles. The molecule has 17 heavy (non-hydrogen) atoms. The van der Waals surface area contributed by atoms with Gasteiger partial charge in [-0.15, -0.1) is 0 Å². The minimum Gasteiger partial charge on any atom is -0.478 e. The van der Waals surface area contributed by atoms with E-state index in [9.17, 15) is 9.18 Å². The first-order chi connectivity index (χ1) is 7.99. The van der Waals surface area contributed by atoms with Gasteiger partial charge in [0.25, 0.3) is 0 Å². The first-order valence-electron chi connectivity index (χ1n) is 5.78. The van der Waals surface area contributed by atoms with Crippen molar-refractivity contribution in [1.29, 1.82) is 0 Å². The molecule has 0 aromatic heterocycles. The van der Waals surface area contributed by atoms with Crippen LogP contribution in [0.4, 0.5) is 10.1 Å². The van der Waals surface area contributed by atoms with Crippen LogP contribution in [0.5, 0.6) is 0 Å². The van der Waals surface area contributed by atoms with E-state index in [1.807, 2.05) is 4.90 Å². The van der Waals surface area contributed by atoms with Crippen LogP contribution in [0, 0.1) is 11.7 Å². The quantitative estimate of drug-likeness (QED) is 0.859. The molecule has 0 radical (unpaired) electrons. The molecule has 1 aliphatic heterocycles. The molecule has 4 heteroatoms. The number of anilines is 1. The summed E-state index contributed by atoms with van der Waals surface area (Å²) >= 11 is 0. The number of carboxylic acids is 1. The van der Waals surface area contributed by atoms with Gasteiger partial charge in [-0.25, -0.2) is 9.18 Å². The Morgan fingerprint density at radius 2 is 2.18 bits per heavy atom. The predicted molar refractivity (Wildman–Crippen MR) is 63.9 cm³/mol. The zero-order chi connectivity index (χ0) is 12.6. The van der Waals surface area contributed by atoms with Gasteiger partial charge in [-0.1, -0.05) is 6.92 Å². The lowest BCUT2D eigenvalue weighted by atomic mass is 10.1. The van der Waals surface area contributed by atoms with Crippen molar-refractivity contribution in [3.8, 4) is 0 Å². The fourth-order valence-corrected chi connectivity index (χ4v) is 2.51. The van der Waals surface area contributed by atoms with Gasteiger partial charge >= 0.3 is 5.97 Å². The standard InChI is InChI=1S/C13H16FNO2/c1-8-5-9(2)15(7-8)12-4-3-10(13(16)17)6-11(12)14/h3-4,6,8-9H,5,7H2,1-2H3,(H,16,17). The van der Waals surface area contributed by atoms with E-state index >= 15 is 0 Å². The Morgan fingerprint density at radius 3 is 2.65 bits per heavy atom. The van der Waals surface area contributed by atoms with E-state index in [1.165, 1.54) is 6.07 Å². The predicted octanol–water partition coefficient (Wildman–Crippen LogP) is 2.76. The largest absolute Gasteiger partial charge is 0.478 e. The van der Waals surface area contributed by atoms with Crippen LogP contribution in [-0.2, 0) is 0 Å². The molecular formula is C13H16FNO2. The van der Waals surface area contributed by atoms with Gasteiger partial charge in [0, 0.05) is 12.6 Å². The van der Waals surface area contributed by atoms with Gasteiger partial charge in [0.1, 0.15) is 5.82 Å². The van der Waals surface area contributed by atoms with Crippen LogP contribution in [0.15, 0.2) is 18.2 Å². The maximum atomic E-state index is 13.9. The SMILES string of the molecule is CC1CC(C)N(c2ccc(C(=O)O)cc2F)C1. The average molecular weight is 237 g/mol. The van der Waals surface area contributed by atoms with Crippen molar-refractivity contribution >= 4 is 11.7 Å². The summed E-state index contributed by atoms with van der Waals surface area (Å²) < 4.78 is 13.9. The molecule has 1 saturated heterocycles. The topological polar surface area (TPSA) is 40.5 Å². The van der Waals surface area contributed by atoms with E-state index in [0.29, 0.717) is 17.6 Å². The van der Waals surface area contributed by atoms with E-state index in [-0.39, 0.29) is 5.56 Å². The molecule has 2 unspecified atom stereocenters. The van der Waals surface area contributed by atoms with Crippen LogP contribution in [0.2, 0.25) is 0 Å². The van der Waals surface area contributed by atoms with E-state index in [2.05, 4.69) is 13.8 Å². The molecule has 3 nitrogen and oxygen atoms in total. The number of carbonyl (C=O) groups is 1. The number of hydrogen-bond donors (Lipinski definition) is 1. The molecule has 0 bridgehead atoms. The maximum Gasteiger partial charge on any atom is 0.335 e. The van der Waals surface area contributed by atoms with E-state index in [1.54, 1.807) is 6.07 Å². The van der Waals surface area contributed by atoms with Crippen LogP contribution in [0.3, 0.4) is 0 Å². The van der Waals surface area contributed by atoms with Crippen molar-refractivity contribution in [2.45, 2.75) is 26.3 Å². The summed E-state index contributed by atoms with van der Waals surface area (Å²) in [6.07, 6.45) is 1.04. The molecule has 2 rings (SSSR count). The second-order valence-corrected chi connectivity index (χ2v) is 4.81. The third kappa shape index (κ3) is 2.25. The normalized spacial score (nSPS) is 24.1. The Balaban J connectivity index is 2.31. The van der Waals surface area contributed by atoms with Gasteiger partial charge in [-0.3, -0.25) is 0 Å². The molecular weight excluding hydrogens is 221 g/mol. The van der Waals surface area contributed by atoms with Crippen LogP contribution >= 0.6 is 0 Å². The Morgan fingerprint density at radius 1 is 1.47 bits per heavy atom. The lowest BCUT2D eigenvalue weighted by molar-refractivity contribution is 0.0696. The highest BCUT2D eigenvalue weighted by Crippen LogP contribution is 2.30. The zero-order valence-electron chi connectivity index (χ0n) is 9.98. The van der Waals surface area contributed by atoms with Crippen molar-refractivity contribution in [2.24, 2.45) is 5.92 Å². The average Bonchev–Trinajstić information content (AvgIpc) is 2.57. The molecule has 2 atom stereocenters. The van der Waals surface area contributed by atoms with Crippen molar-refractivity contribution in [3.05, 3.63) is 29.6 Å². The Kier molecular flexibility index (Phi) is 3.05. The van der Waals surface area contributed by atoms with Gasteiger partial charge in [0.15, 0.2) is 0 Å². The molecule has 92 valence electrons. The number of rotatable bonds is 2. The molecule has 0 saturated carbocycles. The number of hydrogen-bond acceptors (Lipinski definition) is 2. The highest BCUT2D eigenvalue weighted by molar-refractivity contribution is 5.88. The fraction of sp³-hybridized carbons (Fsp3) is 0.462. The second-order valence-electron chi connectivity index (χ2n) is 4.81. The second kappa shape index (κ2) is 4.35. The summed E-state index contributed by atoms with van der Waals surface area (Å²) in [6.45, 7) is 5.03. The third-order valence-electron chi connectivity index (χ3n) is 3.29. The van der Waals surface area contributed by atoms with E-state index in [4.69, 9.17) is 5.11 Å². The van der Waals surface area contributed by atoms with Crippen LogP contribution in [0.25, 0.3) is 0 Å². The first-order valence-corrected chi connectivity index (χ1v) is 5.78. The highest BCUT2D eigenvalue weighted by Gasteiger charge is 2.28. The summed E-state index contributed by atoms with van der Waals surface area (Å²) in [4.78, 5) is 12.7. The third-order valence-corrected chi connectivity index (χ3v) is 3.29. The Labute approximate surface area is 99.9 Å². The fourth-order valence-electron chi connectivity index (χ4n) is 2.51. The molecule has 1 aliphatic rings. The van der Waals surface area contributed by atoms with Gasteiger partial charge < -0.3 is 10.0 Å². The number of carboxylic acid groups (broad SMARTS) is 1. The number of benzene rings is 1. The Bertz CT molecular complexity index is 447. The number of aromatic carboxylic acids is 1. The zero-order valence-corrected chi connectivity index (χ0v) is 9.98. The monoisotopic (exact) mass is 237 g/mol. The van der Waals surface area contributed by atoms with Gasteiger partial charge in [-0.2, -0.15) is 0 Å². The van der Waals surface area contributed by atoms with Crippen molar-refractivity contribution in [2.75, 3.05) is 11.4 Å². The van der Waals surface area contributed by atoms with E-state index < -0.39 is 11.8 Å². The minimum atomic E-state index is -1.10. The van der Waals surface area contributed by atoms with Crippen molar-refractivity contribution in [1.82, 2.24) is 0 Å². The molecule has 1 fully saturated rings. The van der Waals surface area contributed by atoms with Gasteiger partial charge in [0.2, 0.25) is 0 Å². The molecule has 1 heterocycles. The summed E-state index contributed by atoms with van der Waals surface area (Å²) in [5.74, 6) is -1.01. The summed E-state index contributed by atoms with van der Waals surface area (Å²) in [7, 11) is 0. The molecule has 1 N–H and O–H groups in total. The molecule has 0 aliphatic carbocycles. The van der Waals surface area contributed by atoms with Crippen LogP contribution in [-0.4, -0.2) is 23.7 Å². The van der Waals surface area contributed by atoms with Crippen LogP contribution in [0.1, 0.15) is 30.6 Å². The lowest BCUT2D eigenvalue weighted by Crippen LogP contribution is -2.27. The minimum absolute atomic E-state index is 0.00820. The molecule has 0 amide bonds. The highest BCUT2D eigenvalue weighted by atomic mass is 19.1. The Hall–Kier alpha value is -1.58. The summed E-state index contributed by atoms with van der Waals surface area (Å²) in [6, 6.07) is 4.41. The van der Waals surface area contributed by atoms with Crippen molar-refractivity contribution < 1.29 is 14.3 Å². The van der Waals surface area contributed by atoms with E-state index in [0.717, 1.165) is 19.0 Å². The summed E-state index contributed by atoms with van der Waals surface area (Å²) in [5, 5.41) is 8.78. The van der Waals surface area contributed by atoms with Gasteiger partial charge in [0.05, 0.1) is 11.3 Å².